The van der Waals surface area contributed by atoms with Gasteiger partial charge in [0, 0.05) is 9.35 Å². The summed E-state index contributed by atoms with van der Waals surface area (Å²) in [4.78, 5) is 0.944. The Morgan fingerprint density at radius 2 is 1.95 bits per heavy atom. The van der Waals surface area contributed by atoms with Crippen molar-refractivity contribution in [3.63, 3.8) is 0 Å². The number of thiophene rings is 1. The Morgan fingerprint density at radius 1 is 1.26 bits per heavy atom. The molecule has 3 rings (SSSR count). The molecule has 2 N–H and O–H groups in total. The molecule has 1 aromatic carbocycles. The monoisotopic (exact) mass is 359 g/mol. The third-order valence-corrected chi connectivity index (χ3v) is 5.05. The van der Waals surface area contributed by atoms with E-state index in [9.17, 15) is 0 Å². The highest BCUT2D eigenvalue weighted by molar-refractivity contribution is 9.10. The van der Waals surface area contributed by atoms with Crippen LogP contribution >= 0.6 is 38.9 Å². The topological polar surface area (TPSA) is 44.5 Å². The second-order valence-electron chi connectivity index (χ2n) is 4.13. The van der Waals surface area contributed by atoms with E-state index >= 15 is 0 Å². The molecule has 0 fully saturated rings. The molecule has 3 nitrogen and oxygen atoms in total. The number of ether oxygens (including phenoxy) is 2. The SMILES string of the molecule is NC(c1cc2c(cc1Br)OCCO2)c1sccc1Cl. The zero-order valence-corrected chi connectivity index (χ0v) is 13.0. The average Bonchev–Trinajstić information content (AvgIpc) is 2.83. The van der Waals surface area contributed by atoms with Gasteiger partial charge in [0.1, 0.15) is 13.2 Å². The molecule has 0 aliphatic carbocycles. The van der Waals surface area contributed by atoms with Crippen molar-refractivity contribution < 1.29 is 9.47 Å². The smallest absolute Gasteiger partial charge is 0.162 e. The van der Waals surface area contributed by atoms with Crippen LogP contribution in [0.5, 0.6) is 11.5 Å². The minimum absolute atomic E-state index is 0.280. The van der Waals surface area contributed by atoms with Crippen LogP contribution in [-0.4, -0.2) is 13.2 Å². The van der Waals surface area contributed by atoms with Crippen LogP contribution in [0.25, 0.3) is 0 Å². The lowest BCUT2D eigenvalue weighted by molar-refractivity contribution is 0.171. The fraction of sp³-hybridized carbons (Fsp3) is 0.231. The maximum absolute atomic E-state index is 6.30. The minimum atomic E-state index is -0.280. The Balaban J connectivity index is 2.03. The van der Waals surface area contributed by atoms with Crippen molar-refractivity contribution in [1.82, 2.24) is 0 Å². The molecule has 1 aromatic heterocycles. The summed E-state index contributed by atoms with van der Waals surface area (Å²) in [6.07, 6.45) is 0. The molecule has 2 heterocycles. The Kier molecular flexibility index (Phi) is 3.71. The third-order valence-electron chi connectivity index (χ3n) is 2.92. The Bertz CT molecular complexity index is 617. The van der Waals surface area contributed by atoms with Crippen LogP contribution in [0, 0.1) is 0 Å². The van der Waals surface area contributed by atoms with Gasteiger partial charge in [-0.2, -0.15) is 0 Å². The standard InChI is InChI=1S/C13H11BrClNO2S/c14-8-6-11-10(17-2-3-18-11)5-7(8)12(16)13-9(15)1-4-19-13/h1,4-6,12H,2-3,16H2. The Hall–Kier alpha value is -0.750. The van der Waals surface area contributed by atoms with Gasteiger partial charge in [0.2, 0.25) is 0 Å². The van der Waals surface area contributed by atoms with Crippen molar-refractivity contribution in [3.8, 4) is 11.5 Å². The molecule has 19 heavy (non-hydrogen) atoms. The summed E-state index contributed by atoms with van der Waals surface area (Å²) in [7, 11) is 0. The molecule has 6 heteroatoms. The van der Waals surface area contributed by atoms with Gasteiger partial charge < -0.3 is 15.2 Å². The predicted molar refractivity (Wildman–Crippen MR) is 80.5 cm³/mol. The van der Waals surface area contributed by atoms with Crippen LogP contribution in [0.3, 0.4) is 0 Å². The third kappa shape index (κ3) is 2.48. The lowest BCUT2D eigenvalue weighted by Gasteiger charge is -2.21. The highest BCUT2D eigenvalue weighted by Gasteiger charge is 2.21. The highest BCUT2D eigenvalue weighted by Crippen LogP contribution is 2.40. The van der Waals surface area contributed by atoms with Crippen LogP contribution in [0.1, 0.15) is 16.5 Å². The number of hydrogen-bond acceptors (Lipinski definition) is 4. The Morgan fingerprint density at radius 3 is 2.58 bits per heavy atom. The van der Waals surface area contributed by atoms with E-state index in [1.165, 1.54) is 0 Å². The molecule has 1 atom stereocenters. The maximum Gasteiger partial charge on any atom is 0.162 e. The van der Waals surface area contributed by atoms with E-state index in [0.717, 1.165) is 26.4 Å². The van der Waals surface area contributed by atoms with Crippen molar-refractivity contribution in [3.05, 3.63) is 43.5 Å². The van der Waals surface area contributed by atoms with Crippen LogP contribution in [0.15, 0.2) is 28.1 Å². The molecule has 1 aliphatic rings. The first-order valence-corrected chi connectivity index (χ1v) is 7.79. The molecule has 1 aliphatic heterocycles. The summed E-state index contributed by atoms with van der Waals surface area (Å²) in [5.41, 5.74) is 7.23. The van der Waals surface area contributed by atoms with Crippen LogP contribution < -0.4 is 15.2 Å². The first-order chi connectivity index (χ1) is 9.16. The van der Waals surface area contributed by atoms with Gasteiger partial charge >= 0.3 is 0 Å². The number of rotatable bonds is 2. The van der Waals surface area contributed by atoms with Crippen LogP contribution in [0.4, 0.5) is 0 Å². The van der Waals surface area contributed by atoms with Gasteiger partial charge in [0.25, 0.3) is 0 Å². The minimum Gasteiger partial charge on any atom is -0.486 e. The van der Waals surface area contributed by atoms with Gasteiger partial charge in [-0.15, -0.1) is 11.3 Å². The van der Waals surface area contributed by atoms with E-state index in [-0.39, 0.29) is 6.04 Å². The largest absolute Gasteiger partial charge is 0.486 e. The average molecular weight is 361 g/mol. The fourth-order valence-electron chi connectivity index (χ4n) is 1.99. The van der Waals surface area contributed by atoms with Crippen LogP contribution in [-0.2, 0) is 0 Å². The zero-order valence-electron chi connectivity index (χ0n) is 9.86. The van der Waals surface area contributed by atoms with Gasteiger partial charge in [-0.05, 0) is 29.1 Å². The number of benzene rings is 1. The molecule has 0 saturated carbocycles. The van der Waals surface area contributed by atoms with Crippen LogP contribution in [0.2, 0.25) is 5.02 Å². The summed E-state index contributed by atoms with van der Waals surface area (Å²) in [5.74, 6) is 1.47. The first kappa shape index (κ1) is 13.2. The second kappa shape index (κ2) is 5.32. The van der Waals surface area contributed by atoms with E-state index < -0.39 is 0 Å². The molecule has 0 amide bonds. The van der Waals surface area contributed by atoms with Crippen molar-refractivity contribution >= 4 is 38.9 Å². The number of fused-ring (bicyclic) bond motifs is 1. The highest BCUT2D eigenvalue weighted by atomic mass is 79.9. The summed E-state index contributed by atoms with van der Waals surface area (Å²) in [6.45, 7) is 1.13. The van der Waals surface area contributed by atoms with Gasteiger partial charge in [-0.3, -0.25) is 0 Å². The quantitative estimate of drug-likeness (QED) is 0.881. The molecular formula is C13H11BrClNO2S. The lowest BCUT2D eigenvalue weighted by Crippen LogP contribution is -2.17. The first-order valence-electron chi connectivity index (χ1n) is 5.74. The van der Waals surface area contributed by atoms with Crippen molar-refractivity contribution in [2.45, 2.75) is 6.04 Å². The molecule has 0 saturated heterocycles. The summed E-state index contributed by atoms with van der Waals surface area (Å²) < 4.78 is 12.0. The van der Waals surface area contributed by atoms with Gasteiger partial charge in [0.05, 0.1) is 11.1 Å². The summed E-state index contributed by atoms with van der Waals surface area (Å²) in [5, 5.41) is 2.63. The van der Waals surface area contributed by atoms with E-state index in [0.29, 0.717) is 18.2 Å². The number of halogens is 2. The predicted octanol–water partition coefficient (Wildman–Crippen LogP) is 3.98. The normalized spacial score (nSPS) is 15.3. The fourth-order valence-corrected chi connectivity index (χ4v) is 3.75. The van der Waals surface area contributed by atoms with Gasteiger partial charge in [0.15, 0.2) is 11.5 Å². The van der Waals surface area contributed by atoms with Crippen molar-refractivity contribution in [1.29, 1.82) is 0 Å². The second-order valence-corrected chi connectivity index (χ2v) is 6.34. The molecule has 0 bridgehead atoms. The van der Waals surface area contributed by atoms with E-state index in [4.69, 9.17) is 26.8 Å². The number of nitrogens with two attached hydrogens (primary N) is 1. The lowest BCUT2D eigenvalue weighted by atomic mass is 10.1. The van der Waals surface area contributed by atoms with Gasteiger partial charge in [-0.1, -0.05) is 27.5 Å². The van der Waals surface area contributed by atoms with E-state index in [2.05, 4.69) is 15.9 Å². The molecule has 0 radical (unpaired) electrons. The Labute approximate surface area is 128 Å². The molecular weight excluding hydrogens is 350 g/mol. The van der Waals surface area contributed by atoms with Crippen molar-refractivity contribution in [2.75, 3.05) is 13.2 Å². The number of hydrogen-bond donors (Lipinski definition) is 1. The maximum atomic E-state index is 6.30. The molecule has 0 spiro atoms. The summed E-state index contributed by atoms with van der Waals surface area (Å²) in [6, 6.07) is 5.38. The van der Waals surface area contributed by atoms with Crippen molar-refractivity contribution in [2.24, 2.45) is 5.73 Å². The molecule has 1 unspecified atom stereocenters. The van der Waals surface area contributed by atoms with Gasteiger partial charge in [-0.25, -0.2) is 0 Å². The van der Waals surface area contributed by atoms with E-state index in [1.807, 2.05) is 23.6 Å². The summed E-state index contributed by atoms with van der Waals surface area (Å²) >= 11 is 11.2. The zero-order chi connectivity index (χ0) is 13.4. The van der Waals surface area contributed by atoms with E-state index in [1.54, 1.807) is 11.3 Å². The molecule has 2 aromatic rings. The molecule has 100 valence electrons.